The SMILES string of the molecule is Cc1nccn1[SH](=O)=O. The Balaban J connectivity index is 3.23. The zero-order valence-corrected chi connectivity index (χ0v) is 5.71. The van der Waals surface area contributed by atoms with Crippen LogP contribution >= 0.6 is 0 Å². The topological polar surface area (TPSA) is 52.0 Å². The summed E-state index contributed by atoms with van der Waals surface area (Å²) >= 11 is 0. The third-order valence-corrected chi connectivity index (χ3v) is 1.75. The third kappa shape index (κ3) is 1.10. The van der Waals surface area contributed by atoms with E-state index < -0.39 is 10.9 Å². The Labute approximate surface area is 54.2 Å². The molecule has 5 heteroatoms. The predicted octanol–water partition coefficient (Wildman–Crippen LogP) is -0.434. The van der Waals surface area contributed by atoms with E-state index in [9.17, 15) is 8.42 Å². The van der Waals surface area contributed by atoms with E-state index in [2.05, 4.69) is 4.98 Å². The summed E-state index contributed by atoms with van der Waals surface area (Å²) in [4.78, 5) is 3.72. The van der Waals surface area contributed by atoms with E-state index in [0.29, 0.717) is 5.82 Å². The monoisotopic (exact) mass is 146 g/mol. The largest absolute Gasteiger partial charge is 0.241 e. The zero-order chi connectivity index (χ0) is 6.85. The van der Waals surface area contributed by atoms with Crippen LogP contribution in [0.2, 0.25) is 0 Å². The fourth-order valence-corrected chi connectivity index (χ4v) is 1.00. The van der Waals surface area contributed by atoms with E-state index in [1.165, 1.54) is 12.4 Å². The third-order valence-electron chi connectivity index (χ3n) is 0.977. The molecule has 0 aliphatic carbocycles. The van der Waals surface area contributed by atoms with Gasteiger partial charge in [0.25, 0.3) is 0 Å². The Kier molecular flexibility index (Phi) is 1.52. The number of aryl methyl sites for hydroxylation is 1. The van der Waals surface area contributed by atoms with E-state index in [4.69, 9.17) is 0 Å². The van der Waals surface area contributed by atoms with Crippen LogP contribution in [-0.2, 0) is 10.9 Å². The van der Waals surface area contributed by atoms with E-state index in [1.54, 1.807) is 6.92 Å². The van der Waals surface area contributed by atoms with Crippen molar-refractivity contribution in [3.05, 3.63) is 18.2 Å². The van der Waals surface area contributed by atoms with Crippen molar-refractivity contribution < 1.29 is 8.42 Å². The summed E-state index contributed by atoms with van der Waals surface area (Å²) in [5.41, 5.74) is 0. The van der Waals surface area contributed by atoms with Gasteiger partial charge in [0.15, 0.2) is 0 Å². The minimum atomic E-state index is -2.53. The van der Waals surface area contributed by atoms with Crippen LogP contribution < -0.4 is 0 Å². The predicted molar refractivity (Wildman–Crippen MR) is 32.7 cm³/mol. The van der Waals surface area contributed by atoms with Gasteiger partial charge in [-0.3, -0.25) is 0 Å². The molecule has 0 aliphatic rings. The number of aromatic nitrogens is 2. The van der Waals surface area contributed by atoms with Crippen LogP contribution in [0.25, 0.3) is 0 Å². The number of thiol groups is 1. The molecule has 0 saturated heterocycles. The van der Waals surface area contributed by atoms with Crippen LogP contribution in [0.15, 0.2) is 12.4 Å². The lowest BCUT2D eigenvalue weighted by molar-refractivity contribution is 0.605. The number of hydrogen-bond acceptors (Lipinski definition) is 3. The Morgan fingerprint density at radius 1 is 1.67 bits per heavy atom. The summed E-state index contributed by atoms with van der Waals surface area (Å²) in [5, 5.41) is 0. The molecule has 0 spiro atoms. The maximum atomic E-state index is 10.2. The summed E-state index contributed by atoms with van der Waals surface area (Å²) in [6.07, 6.45) is 2.85. The molecule has 9 heavy (non-hydrogen) atoms. The molecule has 1 aromatic heterocycles. The van der Waals surface area contributed by atoms with Crippen LogP contribution in [-0.4, -0.2) is 17.4 Å². The second-order valence-corrected chi connectivity index (χ2v) is 2.46. The van der Waals surface area contributed by atoms with Gasteiger partial charge in [0.05, 0.1) is 0 Å². The molecule has 0 N–H and O–H groups in total. The average Bonchev–Trinajstić information content (AvgIpc) is 2.13. The number of imidazole rings is 1. The molecule has 0 atom stereocenters. The van der Waals surface area contributed by atoms with Crippen molar-refractivity contribution in [2.75, 3.05) is 0 Å². The molecule has 0 aliphatic heterocycles. The van der Waals surface area contributed by atoms with Crippen molar-refractivity contribution in [2.45, 2.75) is 6.92 Å². The van der Waals surface area contributed by atoms with E-state index in [0.717, 1.165) is 3.97 Å². The van der Waals surface area contributed by atoms with Crippen LogP contribution in [0.1, 0.15) is 5.82 Å². The van der Waals surface area contributed by atoms with E-state index in [1.807, 2.05) is 0 Å². The first-order chi connectivity index (χ1) is 4.22. The molecule has 0 saturated carbocycles. The van der Waals surface area contributed by atoms with Gasteiger partial charge >= 0.3 is 0 Å². The molecule has 50 valence electrons. The van der Waals surface area contributed by atoms with Gasteiger partial charge in [-0.25, -0.2) is 17.4 Å². The first-order valence-corrected chi connectivity index (χ1v) is 3.49. The van der Waals surface area contributed by atoms with Crippen molar-refractivity contribution in [3.8, 4) is 0 Å². The number of hydrogen-bond donors (Lipinski definition) is 1. The summed E-state index contributed by atoms with van der Waals surface area (Å²) in [5.74, 6) is 0.492. The Hall–Kier alpha value is -0.840. The zero-order valence-electron chi connectivity index (χ0n) is 4.81. The smallest absolute Gasteiger partial charge is 0.229 e. The molecule has 0 bridgehead atoms. The van der Waals surface area contributed by atoms with Gasteiger partial charge in [0.1, 0.15) is 5.82 Å². The summed E-state index contributed by atoms with van der Waals surface area (Å²) < 4.78 is 21.6. The van der Waals surface area contributed by atoms with E-state index >= 15 is 0 Å². The molecule has 1 aromatic rings. The molecule has 0 aromatic carbocycles. The molecule has 0 fully saturated rings. The maximum absolute atomic E-state index is 10.2. The summed E-state index contributed by atoms with van der Waals surface area (Å²) in [7, 11) is -2.53. The van der Waals surface area contributed by atoms with Crippen molar-refractivity contribution in [2.24, 2.45) is 0 Å². The van der Waals surface area contributed by atoms with Gasteiger partial charge in [0, 0.05) is 12.4 Å². The van der Waals surface area contributed by atoms with Crippen molar-refractivity contribution >= 4 is 10.9 Å². The second-order valence-electron chi connectivity index (χ2n) is 1.56. The van der Waals surface area contributed by atoms with Gasteiger partial charge < -0.3 is 0 Å². The molecule has 0 amide bonds. The van der Waals surface area contributed by atoms with Crippen LogP contribution in [0.4, 0.5) is 0 Å². The minimum absolute atomic E-state index is 0.492. The fourth-order valence-electron chi connectivity index (χ4n) is 0.544. The van der Waals surface area contributed by atoms with E-state index in [-0.39, 0.29) is 0 Å². The van der Waals surface area contributed by atoms with Gasteiger partial charge in [-0.05, 0) is 6.92 Å². The average molecular weight is 146 g/mol. The second kappa shape index (κ2) is 2.18. The van der Waals surface area contributed by atoms with Crippen molar-refractivity contribution in [3.63, 3.8) is 0 Å². The number of nitrogens with zero attached hydrogens (tertiary/aromatic N) is 2. The van der Waals surface area contributed by atoms with Crippen LogP contribution in [0.3, 0.4) is 0 Å². The first kappa shape index (κ1) is 6.28. The molecular formula is C4H6N2O2S. The maximum Gasteiger partial charge on any atom is 0.229 e. The van der Waals surface area contributed by atoms with Gasteiger partial charge in [0.2, 0.25) is 10.9 Å². The van der Waals surface area contributed by atoms with Gasteiger partial charge in [-0.1, -0.05) is 0 Å². The summed E-state index contributed by atoms with van der Waals surface area (Å²) in [6, 6.07) is 0. The fraction of sp³-hybridized carbons (Fsp3) is 0.250. The number of rotatable bonds is 1. The lowest BCUT2D eigenvalue weighted by Crippen LogP contribution is -1.95. The van der Waals surface area contributed by atoms with Gasteiger partial charge in [-0.15, -0.1) is 0 Å². The quantitative estimate of drug-likeness (QED) is 0.547. The summed E-state index contributed by atoms with van der Waals surface area (Å²) in [6.45, 7) is 1.63. The standard InChI is InChI=1S/C4H6N2O2S/c1-4-5-2-3-6(4)9(7)8/h2-3,9H,1H3. The molecular weight excluding hydrogens is 140 g/mol. The van der Waals surface area contributed by atoms with Crippen LogP contribution in [0, 0.1) is 6.92 Å². The highest BCUT2D eigenvalue weighted by Crippen LogP contribution is 1.91. The first-order valence-electron chi connectivity index (χ1n) is 2.36. The molecule has 0 radical (unpaired) electrons. The molecule has 1 heterocycles. The highest BCUT2D eigenvalue weighted by atomic mass is 32.2. The molecule has 1 rings (SSSR count). The Bertz CT molecular complexity index is 268. The van der Waals surface area contributed by atoms with Gasteiger partial charge in [-0.2, -0.15) is 0 Å². The Morgan fingerprint density at radius 3 is 2.56 bits per heavy atom. The minimum Gasteiger partial charge on any atom is -0.241 e. The lowest BCUT2D eigenvalue weighted by atomic mass is 10.8. The van der Waals surface area contributed by atoms with Crippen molar-refractivity contribution in [1.82, 2.24) is 8.96 Å². The highest BCUT2D eigenvalue weighted by molar-refractivity contribution is 7.70. The van der Waals surface area contributed by atoms with Crippen molar-refractivity contribution in [1.29, 1.82) is 0 Å². The molecule has 4 nitrogen and oxygen atoms in total. The molecule has 0 unspecified atom stereocenters. The Morgan fingerprint density at radius 2 is 2.33 bits per heavy atom. The lowest BCUT2D eigenvalue weighted by Gasteiger charge is -1.88. The normalized spacial score (nSPS) is 10.4. The van der Waals surface area contributed by atoms with Crippen LogP contribution in [0.5, 0.6) is 0 Å². The highest BCUT2D eigenvalue weighted by Gasteiger charge is 1.93.